The van der Waals surface area contributed by atoms with Crippen molar-refractivity contribution in [2.75, 3.05) is 11.9 Å². The summed E-state index contributed by atoms with van der Waals surface area (Å²) >= 11 is 0. The first-order chi connectivity index (χ1) is 15.3. The first-order valence-corrected chi connectivity index (χ1v) is 10.1. The summed E-state index contributed by atoms with van der Waals surface area (Å²) in [6, 6.07) is 11.5. The second-order valence-corrected chi connectivity index (χ2v) is 7.97. The number of benzene rings is 2. The van der Waals surface area contributed by atoms with Gasteiger partial charge in [-0.05, 0) is 35.7 Å². The van der Waals surface area contributed by atoms with Gasteiger partial charge in [0, 0.05) is 35.8 Å². The van der Waals surface area contributed by atoms with Gasteiger partial charge in [0.1, 0.15) is 11.9 Å². The van der Waals surface area contributed by atoms with Crippen LogP contribution in [0, 0.1) is 28.5 Å². The molecule has 0 spiro atoms. The molecule has 0 radical (unpaired) electrons. The number of halogens is 1. The van der Waals surface area contributed by atoms with Crippen LogP contribution in [0.4, 0.5) is 10.1 Å². The molecule has 1 heterocycles. The molecular formula is C24H24FN5O2. The van der Waals surface area contributed by atoms with Gasteiger partial charge in [0.15, 0.2) is 0 Å². The first-order valence-electron chi connectivity index (χ1n) is 10.1. The Balaban J connectivity index is 2.13. The molecule has 2 aromatic carbocycles. The topological polar surface area (TPSA) is 123 Å². The highest BCUT2D eigenvalue weighted by molar-refractivity contribution is 6.05. The van der Waals surface area contributed by atoms with Gasteiger partial charge in [-0.3, -0.25) is 9.59 Å². The Labute approximate surface area is 185 Å². The SMILES string of the molecule is CC(C)CN1C(=O)c2ccccc2[C@H](C(=O)Nc2ccc(F)c(C#N)c2)[C@H]1/C(C=N)=C/N. The van der Waals surface area contributed by atoms with Crippen LogP contribution in [0.2, 0.25) is 0 Å². The van der Waals surface area contributed by atoms with Crippen molar-refractivity contribution in [3.8, 4) is 6.07 Å². The molecule has 0 unspecified atom stereocenters. The van der Waals surface area contributed by atoms with Crippen LogP contribution in [0.3, 0.4) is 0 Å². The fourth-order valence-electron chi connectivity index (χ4n) is 3.98. The van der Waals surface area contributed by atoms with E-state index in [1.165, 1.54) is 18.3 Å². The minimum atomic E-state index is -0.866. The second kappa shape index (κ2) is 9.43. The van der Waals surface area contributed by atoms with Crippen LogP contribution in [-0.2, 0) is 4.79 Å². The van der Waals surface area contributed by atoms with Crippen molar-refractivity contribution >= 4 is 23.7 Å². The number of fused-ring (bicyclic) bond motifs is 1. The highest BCUT2D eigenvalue weighted by atomic mass is 19.1. The van der Waals surface area contributed by atoms with E-state index in [4.69, 9.17) is 16.4 Å². The zero-order chi connectivity index (χ0) is 23.4. The summed E-state index contributed by atoms with van der Waals surface area (Å²) < 4.78 is 13.7. The number of hydrogen-bond donors (Lipinski definition) is 3. The third kappa shape index (κ3) is 4.23. The largest absolute Gasteiger partial charge is 0.404 e. The fraction of sp³-hybridized carbons (Fsp3) is 0.250. The third-order valence-electron chi connectivity index (χ3n) is 5.34. The zero-order valence-corrected chi connectivity index (χ0v) is 17.8. The molecule has 0 aliphatic carbocycles. The molecule has 32 heavy (non-hydrogen) atoms. The number of carbonyl (C=O) groups is 2. The average Bonchev–Trinajstić information content (AvgIpc) is 2.78. The van der Waals surface area contributed by atoms with Crippen molar-refractivity contribution in [1.82, 2.24) is 4.90 Å². The van der Waals surface area contributed by atoms with E-state index < -0.39 is 23.7 Å². The molecule has 0 bridgehead atoms. The van der Waals surface area contributed by atoms with E-state index in [9.17, 15) is 14.0 Å². The minimum Gasteiger partial charge on any atom is -0.404 e. The molecule has 0 fully saturated rings. The number of nitrogens with one attached hydrogen (secondary N) is 2. The van der Waals surface area contributed by atoms with E-state index in [1.54, 1.807) is 35.2 Å². The number of hydrogen-bond acceptors (Lipinski definition) is 5. The van der Waals surface area contributed by atoms with Gasteiger partial charge in [-0.1, -0.05) is 32.0 Å². The molecule has 0 aromatic heterocycles. The van der Waals surface area contributed by atoms with Gasteiger partial charge in [-0.2, -0.15) is 5.26 Å². The number of amides is 2. The van der Waals surface area contributed by atoms with Crippen molar-refractivity contribution < 1.29 is 14.0 Å². The van der Waals surface area contributed by atoms with Crippen LogP contribution in [0.25, 0.3) is 0 Å². The van der Waals surface area contributed by atoms with E-state index in [1.807, 2.05) is 13.8 Å². The predicted molar refractivity (Wildman–Crippen MR) is 120 cm³/mol. The fourth-order valence-corrected chi connectivity index (χ4v) is 3.98. The van der Waals surface area contributed by atoms with Crippen molar-refractivity contribution in [1.29, 1.82) is 10.7 Å². The lowest BCUT2D eigenvalue weighted by atomic mass is 9.79. The molecule has 1 aliphatic rings. The monoisotopic (exact) mass is 433 g/mol. The van der Waals surface area contributed by atoms with Crippen molar-refractivity contribution in [3.05, 3.63) is 76.7 Å². The molecule has 8 heteroatoms. The Morgan fingerprint density at radius 1 is 1.34 bits per heavy atom. The second-order valence-electron chi connectivity index (χ2n) is 7.97. The first kappa shape index (κ1) is 22.7. The number of nitrogens with two attached hydrogens (primary N) is 1. The maximum atomic E-state index is 13.7. The van der Waals surface area contributed by atoms with Crippen LogP contribution in [0.1, 0.15) is 41.3 Å². The molecule has 2 aromatic rings. The van der Waals surface area contributed by atoms with Gasteiger partial charge in [-0.15, -0.1) is 0 Å². The van der Waals surface area contributed by atoms with Crippen LogP contribution < -0.4 is 11.1 Å². The van der Waals surface area contributed by atoms with E-state index in [0.29, 0.717) is 23.2 Å². The molecule has 7 nitrogen and oxygen atoms in total. The van der Waals surface area contributed by atoms with Crippen molar-refractivity contribution in [3.63, 3.8) is 0 Å². The van der Waals surface area contributed by atoms with Crippen LogP contribution in [-0.4, -0.2) is 35.5 Å². The lowest BCUT2D eigenvalue weighted by molar-refractivity contribution is -0.118. The lowest BCUT2D eigenvalue weighted by Crippen LogP contribution is -2.53. The molecular weight excluding hydrogens is 409 g/mol. The Hall–Kier alpha value is -3.99. The number of anilines is 1. The van der Waals surface area contributed by atoms with Gasteiger partial charge in [0.05, 0.1) is 17.5 Å². The maximum Gasteiger partial charge on any atom is 0.254 e. The quantitative estimate of drug-likeness (QED) is 0.604. The van der Waals surface area contributed by atoms with E-state index in [-0.39, 0.29) is 23.1 Å². The van der Waals surface area contributed by atoms with Gasteiger partial charge in [0.2, 0.25) is 5.91 Å². The highest BCUT2D eigenvalue weighted by Crippen LogP contribution is 2.37. The molecule has 164 valence electrons. The summed E-state index contributed by atoms with van der Waals surface area (Å²) in [7, 11) is 0. The lowest BCUT2D eigenvalue weighted by Gasteiger charge is -2.42. The van der Waals surface area contributed by atoms with Crippen LogP contribution in [0.5, 0.6) is 0 Å². The smallest absolute Gasteiger partial charge is 0.254 e. The molecule has 3 rings (SSSR count). The van der Waals surface area contributed by atoms with Gasteiger partial charge in [-0.25, -0.2) is 4.39 Å². The summed E-state index contributed by atoms with van der Waals surface area (Å²) in [5.74, 6) is -2.14. The van der Waals surface area contributed by atoms with Crippen LogP contribution >= 0.6 is 0 Å². The normalized spacial score (nSPS) is 18.2. The highest BCUT2D eigenvalue weighted by Gasteiger charge is 2.44. The van der Waals surface area contributed by atoms with Crippen LogP contribution in [0.15, 0.2) is 54.2 Å². The van der Waals surface area contributed by atoms with E-state index in [0.717, 1.165) is 12.3 Å². The summed E-state index contributed by atoms with van der Waals surface area (Å²) in [4.78, 5) is 28.4. The Morgan fingerprint density at radius 2 is 2.06 bits per heavy atom. The predicted octanol–water partition coefficient (Wildman–Crippen LogP) is 3.39. The standard InChI is InChI=1S/C24H24FN5O2/c1-14(2)13-30-22(16(11-27)12-28)21(18-5-3-4-6-19(18)24(30)32)23(31)29-17-7-8-20(25)15(9-17)10-26/h3-9,11-12,14,21-22,27H,13,28H2,1-2H3,(H,29,31)/b16-12+,27-11?/t21-,22+/m0/s1. The third-order valence-corrected chi connectivity index (χ3v) is 5.34. The summed E-state index contributed by atoms with van der Waals surface area (Å²) in [5, 5.41) is 19.7. The van der Waals surface area contributed by atoms with Gasteiger partial charge < -0.3 is 21.4 Å². The average molecular weight is 433 g/mol. The summed E-state index contributed by atoms with van der Waals surface area (Å²) in [5.41, 5.74) is 7.09. The molecule has 4 N–H and O–H groups in total. The van der Waals surface area contributed by atoms with E-state index in [2.05, 4.69) is 5.32 Å². The summed E-state index contributed by atoms with van der Waals surface area (Å²) in [6.07, 6.45) is 2.28. The van der Waals surface area contributed by atoms with Crippen molar-refractivity contribution in [2.45, 2.75) is 25.8 Å². The molecule has 2 amide bonds. The van der Waals surface area contributed by atoms with E-state index >= 15 is 0 Å². The van der Waals surface area contributed by atoms with Gasteiger partial charge >= 0.3 is 0 Å². The molecule has 0 saturated carbocycles. The number of nitrogens with zero attached hydrogens (tertiary/aromatic N) is 2. The Bertz CT molecular complexity index is 1140. The number of carbonyl (C=O) groups excluding carboxylic acids is 2. The molecule has 1 aliphatic heterocycles. The molecule has 2 atom stereocenters. The molecule has 0 saturated heterocycles. The Morgan fingerprint density at radius 3 is 2.69 bits per heavy atom. The zero-order valence-electron chi connectivity index (χ0n) is 17.8. The number of rotatable bonds is 6. The maximum absolute atomic E-state index is 13.7. The van der Waals surface area contributed by atoms with Gasteiger partial charge in [0.25, 0.3) is 5.91 Å². The number of nitriles is 1. The minimum absolute atomic E-state index is 0.107. The Kier molecular flexibility index (Phi) is 6.69. The summed E-state index contributed by atoms with van der Waals surface area (Å²) in [6.45, 7) is 4.28. The van der Waals surface area contributed by atoms with Crippen molar-refractivity contribution in [2.24, 2.45) is 11.7 Å².